The van der Waals surface area contributed by atoms with E-state index in [1.807, 2.05) is 12.1 Å². The second-order valence-corrected chi connectivity index (χ2v) is 6.18. The van der Waals surface area contributed by atoms with Gasteiger partial charge >= 0.3 is 0 Å². The standard InChI is InChI=1S/C19H24N2/c1-21(14-17-8-3-5-12-19(17)20)13-16-10-6-9-15-7-2-4-11-18(15)16/h2-5,7-8,11-12,16H,6,9-10,13-14,20H2,1H3. The van der Waals surface area contributed by atoms with Gasteiger partial charge in [-0.25, -0.2) is 0 Å². The van der Waals surface area contributed by atoms with E-state index in [0.29, 0.717) is 5.92 Å². The zero-order chi connectivity index (χ0) is 14.7. The predicted molar refractivity (Wildman–Crippen MR) is 89.3 cm³/mol. The molecule has 21 heavy (non-hydrogen) atoms. The lowest BCUT2D eigenvalue weighted by atomic mass is 9.82. The SMILES string of the molecule is CN(Cc1ccccc1N)CC1CCCc2ccccc21. The molecule has 1 aliphatic rings. The van der Waals surface area contributed by atoms with Crippen molar-refractivity contribution in [2.24, 2.45) is 0 Å². The number of nitrogens with zero attached hydrogens (tertiary/aromatic N) is 1. The van der Waals surface area contributed by atoms with Crippen molar-refractivity contribution in [3.8, 4) is 0 Å². The summed E-state index contributed by atoms with van der Waals surface area (Å²) in [5.41, 5.74) is 11.3. The van der Waals surface area contributed by atoms with E-state index in [0.717, 1.165) is 18.8 Å². The maximum absolute atomic E-state index is 6.05. The van der Waals surface area contributed by atoms with Gasteiger partial charge in [0, 0.05) is 18.8 Å². The van der Waals surface area contributed by atoms with Crippen molar-refractivity contribution >= 4 is 5.69 Å². The number of hydrogen-bond donors (Lipinski definition) is 1. The zero-order valence-corrected chi connectivity index (χ0v) is 12.8. The quantitative estimate of drug-likeness (QED) is 0.863. The zero-order valence-electron chi connectivity index (χ0n) is 12.8. The Morgan fingerprint density at radius 3 is 2.71 bits per heavy atom. The van der Waals surface area contributed by atoms with Crippen LogP contribution in [-0.4, -0.2) is 18.5 Å². The summed E-state index contributed by atoms with van der Waals surface area (Å²) >= 11 is 0. The van der Waals surface area contributed by atoms with Crippen molar-refractivity contribution in [3.05, 3.63) is 65.2 Å². The predicted octanol–water partition coefficient (Wildman–Crippen LogP) is 3.82. The van der Waals surface area contributed by atoms with Gasteiger partial charge in [-0.1, -0.05) is 42.5 Å². The molecule has 0 heterocycles. The molecule has 0 amide bonds. The summed E-state index contributed by atoms with van der Waals surface area (Å²) in [6.45, 7) is 2.02. The molecule has 2 aromatic carbocycles. The van der Waals surface area contributed by atoms with Gasteiger partial charge in [-0.3, -0.25) is 0 Å². The number of para-hydroxylation sites is 1. The second-order valence-electron chi connectivity index (χ2n) is 6.18. The van der Waals surface area contributed by atoms with Crippen LogP contribution in [0.25, 0.3) is 0 Å². The third-order valence-corrected chi connectivity index (χ3v) is 4.52. The molecule has 0 saturated carbocycles. The lowest BCUT2D eigenvalue weighted by molar-refractivity contribution is 0.291. The van der Waals surface area contributed by atoms with Crippen molar-refractivity contribution < 1.29 is 0 Å². The lowest BCUT2D eigenvalue weighted by Crippen LogP contribution is -2.26. The van der Waals surface area contributed by atoms with Crippen LogP contribution in [0.3, 0.4) is 0 Å². The smallest absolute Gasteiger partial charge is 0.0359 e. The molecule has 0 spiro atoms. The summed E-state index contributed by atoms with van der Waals surface area (Å²) in [5, 5.41) is 0. The highest BCUT2D eigenvalue weighted by atomic mass is 15.1. The minimum atomic E-state index is 0.657. The van der Waals surface area contributed by atoms with Crippen molar-refractivity contribution in [2.45, 2.75) is 31.7 Å². The molecule has 110 valence electrons. The summed E-state index contributed by atoms with van der Waals surface area (Å²) in [6.07, 6.45) is 3.84. The van der Waals surface area contributed by atoms with Crippen LogP contribution in [0.2, 0.25) is 0 Å². The normalized spacial score (nSPS) is 17.7. The summed E-state index contributed by atoms with van der Waals surface area (Å²) in [4.78, 5) is 2.40. The van der Waals surface area contributed by atoms with Gasteiger partial charge in [-0.15, -0.1) is 0 Å². The molecular weight excluding hydrogens is 256 g/mol. The minimum absolute atomic E-state index is 0.657. The highest BCUT2D eigenvalue weighted by Gasteiger charge is 2.21. The Morgan fingerprint density at radius 2 is 1.86 bits per heavy atom. The molecule has 0 aliphatic heterocycles. The van der Waals surface area contributed by atoms with Crippen LogP contribution >= 0.6 is 0 Å². The van der Waals surface area contributed by atoms with Crippen molar-refractivity contribution in [3.63, 3.8) is 0 Å². The Hall–Kier alpha value is -1.80. The summed E-state index contributed by atoms with van der Waals surface area (Å²) < 4.78 is 0. The molecule has 2 aromatic rings. The monoisotopic (exact) mass is 280 g/mol. The molecule has 0 bridgehead atoms. The average molecular weight is 280 g/mol. The Labute approximate surface area is 127 Å². The van der Waals surface area contributed by atoms with Gasteiger partial charge in [0.1, 0.15) is 0 Å². The fourth-order valence-electron chi connectivity index (χ4n) is 3.45. The Morgan fingerprint density at radius 1 is 1.10 bits per heavy atom. The summed E-state index contributed by atoms with van der Waals surface area (Å²) in [6, 6.07) is 17.1. The Balaban J connectivity index is 1.69. The van der Waals surface area contributed by atoms with E-state index in [2.05, 4.69) is 48.3 Å². The largest absolute Gasteiger partial charge is 0.398 e. The Kier molecular flexibility index (Phi) is 4.26. The first kappa shape index (κ1) is 14.2. The van der Waals surface area contributed by atoms with Crippen LogP contribution in [0.5, 0.6) is 0 Å². The molecule has 2 nitrogen and oxygen atoms in total. The van der Waals surface area contributed by atoms with Gasteiger partial charge in [0.2, 0.25) is 0 Å². The lowest BCUT2D eigenvalue weighted by Gasteiger charge is -2.29. The van der Waals surface area contributed by atoms with E-state index in [4.69, 9.17) is 5.73 Å². The molecule has 1 atom stereocenters. The van der Waals surface area contributed by atoms with Crippen LogP contribution in [0.15, 0.2) is 48.5 Å². The maximum atomic E-state index is 6.05. The van der Waals surface area contributed by atoms with Crippen LogP contribution in [0, 0.1) is 0 Å². The van der Waals surface area contributed by atoms with Crippen molar-refractivity contribution in [2.75, 3.05) is 19.3 Å². The van der Waals surface area contributed by atoms with Gasteiger partial charge < -0.3 is 10.6 Å². The van der Waals surface area contributed by atoms with Gasteiger partial charge in [-0.2, -0.15) is 0 Å². The van der Waals surface area contributed by atoms with Gasteiger partial charge in [-0.05, 0) is 55.0 Å². The minimum Gasteiger partial charge on any atom is -0.398 e. The van der Waals surface area contributed by atoms with E-state index in [-0.39, 0.29) is 0 Å². The first-order chi connectivity index (χ1) is 10.2. The number of nitrogen functional groups attached to an aromatic ring is 1. The number of anilines is 1. The van der Waals surface area contributed by atoms with Crippen molar-refractivity contribution in [1.29, 1.82) is 0 Å². The molecular formula is C19H24N2. The highest BCUT2D eigenvalue weighted by molar-refractivity contribution is 5.46. The highest BCUT2D eigenvalue weighted by Crippen LogP contribution is 2.32. The van der Waals surface area contributed by atoms with Gasteiger partial charge in [0.25, 0.3) is 0 Å². The van der Waals surface area contributed by atoms with Gasteiger partial charge in [0.15, 0.2) is 0 Å². The molecule has 0 saturated heterocycles. The fourth-order valence-corrected chi connectivity index (χ4v) is 3.45. The van der Waals surface area contributed by atoms with E-state index in [9.17, 15) is 0 Å². The third-order valence-electron chi connectivity index (χ3n) is 4.52. The van der Waals surface area contributed by atoms with Crippen molar-refractivity contribution in [1.82, 2.24) is 4.90 Å². The number of fused-ring (bicyclic) bond motifs is 1. The summed E-state index contributed by atoms with van der Waals surface area (Å²) in [7, 11) is 2.20. The van der Waals surface area contributed by atoms with Crippen LogP contribution in [0.1, 0.15) is 35.4 Å². The first-order valence-corrected chi connectivity index (χ1v) is 7.84. The topological polar surface area (TPSA) is 29.3 Å². The molecule has 1 unspecified atom stereocenters. The number of nitrogens with two attached hydrogens (primary N) is 1. The third kappa shape index (κ3) is 3.27. The number of rotatable bonds is 4. The number of benzene rings is 2. The molecule has 0 radical (unpaired) electrons. The second kappa shape index (κ2) is 6.31. The molecule has 0 aromatic heterocycles. The average Bonchev–Trinajstić information content (AvgIpc) is 2.50. The fraction of sp³-hybridized carbons (Fsp3) is 0.368. The molecule has 0 fully saturated rings. The molecule has 2 heteroatoms. The van der Waals surface area contributed by atoms with Crippen LogP contribution < -0.4 is 5.73 Å². The Bertz CT molecular complexity index is 606. The van der Waals surface area contributed by atoms with Crippen LogP contribution in [0.4, 0.5) is 5.69 Å². The van der Waals surface area contributed by atoms with E-state index in [1.54, 1.807) is 11.1 Å². The number of hydrogen-bond acceptors (Lipinski definition) is 2. The maximum Gasteiger partial charge on any atom is 0.0359 e. The van der Waals surface area contributed by atoms with E-state index >= 15 is 0 Å². The molecule has 2 N–H and O–H groups in total. The summed E-state index contributed by atoms with van der Waals surface area (Å²) in [5.74, 6) is 0.657. The molecule has 3 rings (SSSR count). The van der Waals surface area contributed by atoms with Gasteiger partial charge in [0.05, 0.1) is 0 Å². The molecule has 1 aliphatic carbocycles. The number of aryl methyl sites for hydroxylation is 1. The van der Waals surface area contributed by atoms with E-state index < -0.39 is 0 Å². The van der Waals surface area contributed by atoms with E-state index in [1.165, 1.54) is 24.8 Å². The first-order valence-electron chi connectivity index (χ1n) is 7.84. The number of likely N-dealkylation sites (N-methyl/N-ethyl adjacent to an activating group) is 1. The van der Waals surface area contributed by atoms with Crippen LogP contribution in [-0.2, 0) is 13.0 Å².